The fraction of sp³-hybridized carbons (Fsp3) is 1.00. The Morgan fingerprint density at radius 3 is 2.23 bits per heavy atom. The second kappa shape index (κ2) is 8.53. The van der Waals surface area contributed by atoms with E-state index in [-0.39, 0.29) is 0 Å². The van der Waals surface area contributed by atoms with Gasteiger partial charge in [-0.15, -0.1) is 0 Å². The molecule has 0 spiro atoms. The van der Waals surface area contributed by atoms with Crippen molar-refractivity contribution in [2.75, 3.05) is 32.7 Å². The maximum Gasteiger partial charge on any atom is 0.401 e. The van der Waals surface area contributed by atoms with Gasteiger partial charge in [-0.3, -0.25) is 4.90 Å². The van der Waals surface area contributed by atoms with Gasteiger partial charge in [0, 0.05) is 6.54 Å². The molecular formula is C17H31F3N2. The zero-order valence-electron chi connectivity index (χ0n) is 13.8. The Balaban J connectivity index is 1.55. The van der Waals surface area contributed by atoms with Crippen molar-refractivity contribution in [1.29, 1.82) is 0 Å². The summed E-state index contributed by atoms with van der Waals surface area (Å²) in [5, 5.41) is 3.52. The number of halogens is 3. The highest BCUT2D eigenvalue weighted by Gasteiger charge is 2.34. The van der Waals surface area contributed by atoms with Crippen LogP contribution in [0.1, 0.15) is 51.9 Å². The van der Waals surface area contributed by atoms with Crippen molar-refractivity contribution in [1.82, 2.24) is 10.2 Å². The molecule has 0 unspecified atom stereocenters. The molecule has 2 nitrogen and oxygen atoms in total. The fourth-order valence-electron chi connectivity index (χ4n) is 4.10. The van der Waals surface area contributed by atoms with Crippen molar-refractivity contribution in [3.63, 3.8) is 0 Å². The first-order valence-electron chi connectivity index (χ1n) is 8.96. The predicted molar refractivity (Wildman–Crippen MR) is 83.8 cm³/mol. The van der Waals surface area contributed by atoms with E-state index in [0.29, 0.717) is 19.0 Å². The molecule has 1 N–H and O–H groups in total. The van der Waals surface area contributed by atoms with Gasteiger partial charge in [-0.05, 0) is 56.7 Å². The highest BCUT2D eigenvalue weighted by atomic mass is 19.4. The average Bonchev–Trinajstić information content (AvgIpc) is 2.86. The third kappa shape index (κ3) is 6.45. The van der Waals surface area contributed by atoms with E-state index in [0.717, 1.165) is 31.3 Å². The van der Waals surface area contributed by atoms with Crippen LogP contribution in [0.4, 0.5) is 13.2 Å². The van der Waals surface area contributed by atoms with Crippen LogP contribution in [0.25, 0.3) is 0 Å². The lowest BCUT2D eigenvalue weighted by Crippen LogP contribution is -2.34. The highest BCUT2D eigenvalue weighted by molar-refractivity contribution is 4.80. The molecule has 0 radical (unpaired) electrons. The number of rotatable bonds is 7. The molecule has 5 heteroatoms. The van der Waals surface area contributed by atoms with Crippen LogP contribution in [-0.4, -0.2) is 43.8 Å². The van der Waals surface area contributed by atoms with Gasteiger partial charge >= 0.3 is 6.18 Å². The quantitative estimate of drug-likeness (QED) is 0.761. The lowest BCUT2D eigenvalue weighted by atomic mass is 9.80. The van der Waals surface area contributed by atoms with E-state index in [2.05, 4.69) is 12.2 Å². The summed E-state index contributed by atoms with van der Waals surface area (Å²) in [7, 11) is 0. The number of nitrogens with zero attached hydrogens (tertiary/aromatic N) is 1. The number of hydrogen-bond donors (Lipinski definition) is 1. The summed E-state index contributed by atoms with van der Waals surface area (Å²) in [5.41, 5.74) is 0. The molecule has 2 aliphatic rings. The predicted octanol–water partition coefficient (Wildman–Crippen LogP) is 4.07. The van der Waals surface area contributed by atoms with Crippen LogP contribution in [0.15, 0.2) is 0 Å². The van der Waals surface area contributed by atoms with Gasteiger partial charge in [-0.1, -0.05) is 32.6 Å². The Labute approximate surface area is 132 Å². The second-order valence-corrected chi connectivity index (χ2v) is 7.34. The molecule has 1 atom stereocenters. The van der Waals surface area contributed by atoms with E-state index < -0.39 is 12.7 Å². The molecule has 1 saturated carbocycles. The summed E-state index contributed by atoms with van der Waals surface area (Å²) in [6, 6.07) is 0. The van der Waals surface area contributed by atoms with Crippen LogP contribution in [0.5, 0.6) is 0 Å². The van der Waals surface area contributed by atoms with E-state index >= 15 is 0 Å². The summed E-state index contributed by atoms with van der Waals surface area (Å²) in [6.07, 6.45) is 4.88. The maximum atomic E-state index is 12.4. The van der Waals surface area contributed by atoms with E-state index in [1.165, 1.54) is 38.5 Å². The number of likely N-dealkylation sites (tertiary alicyclic amines) is 1. The minimum Gasteiger partial charge on any atom is -0.316 e. The Bertz CT molecular complexity index is 312. The Morgan fingerprint density at radius 2 is 1.59 bits per heavy atom. The van der Waals surface area contributed by atoms with Crippen LogP contribution in [-0.2, 0) is 0 Å². The Kier molecular flexibility index (Phi) is 7.00. The number of nitrogens with one attached hydrogen (secondary N) is 1. The van der Waals surface area contributed by atoms with Crippen LogP contribution < -0.4 is 5.32 Å². The summed E-state index contributed by atoms with van der Waals surface area (Å²) < 4.78 is 37.1. The van der Waals surface area contributed by atoms with Crippen molar-refractivity contribution in [2.45, 2.75) is 58.0 Å². The highest BCUT2D eigenvalue weighted by Crippen LogP contribution is 2.31. The second-order valence-electron chi connectivity index (χ2n) is 7.34. The standard InChI is InChI=1S/C17H31F3N2/c1-2-3-14-4-6-15(7-5-14)10-21-11-16-8-9-22(12-16)13-17(18,19)20/h14-16,21H,2-13H2,1H3/t14?,15?,16-/m1/s1. The molecule has 130 valence electrons. The van der Waals surface area contributed by atoms with Crippen LogP contribution in [0.2, 0.25) is 0 Å². The third-order valence-corrected chi connectivity index (χ3v) is 5.30. The van der Waals surface area contributed by atoms with Crippen LogP contribution >= 0.6 is 0 Å². The van der Waals surface area contributed by atoms with Crippen molar-refractivity contribution in [3.05, 3.63) is 0 Å². The van der Waals surface area contributed by atoms with E-state index in [1.807, 2.05) is 0 Å². The third-order valence-electron chi connectivity index (χ3n) is 5.30. The summed E-state index contributed by atoms with van der Waals surface area (Å²) in [5.74, 6) is 2.10. The molecule has 1 saturated heterocycles. The van der Waals surface area contributed by atoms with Gasteiger partial charge in [-0.2, -0.15) is 13.2 Å². The van der Waals surface area contributed by atoms with E-state index in [1.54, 1.807) is 4.90 Å². The van der Waals surface area contributed by atoms with Crippen molar-refractivity contribution in [2.24, 2.45) is 17.8 Å². The molecule has 0 amide bonds. The van der Waals surface area contributed by atoms with Gasteiger partial charge < -0.3 is 5.32 Å². The SMILES string of the molecule is CCCC1CCC(CNC[C@H]2CCN(CC(F)(F)F)C2)CC1. The molecule has 0 aromatic rings. The minimum absolute atomic E-state index is 0.388. The van der Waals surface area contributed by atoms with E-state index in [9.17, 15) is 13.2 Å². The first-order chi connectivity index (χ1) is 10.5. The topological polar surface area (TPSA) is 15.3 Å². The van der Waals surface area contributed by atoms with Crippen LogP contribution in [0, 0.1) is 17.8 Å². The fourth-order valence-corrected chi connectivity index (χ4v) is 4.10. The maximum absolute atomic E-state index is 12.4. The van der Waals surface area contributed by atoms with Gasteiger partial charge in [0.2, 0.25) is 0 Å². The molecular weight excluding hydrogens is 289 g/mol. The Hall–Kier alpha value is -0.290. The monoisotopic (exact) mass is 320 g/mol. The average molecular weight is 320 g/mol. The molecule has 1 heterocycles. The number of hydrogen-bond acceptors (Lipinski definition) is 2. The lowest BCUT2D eigenvalue weighted by Gasteiger charge is -2.28. The first-order valence-corrected chi connectivity index (χ1v) is 8.96. The zero-order chi connectivity index (χ0) is 16.0. The molecule has 22 heavy (non-hydrogen) atoms. The molecule has 0 aromatic heterocycles. The van der Waals surface area contributed by atoms with Gasteiger partial charge in [0.1, 0.15) is 0 Å². The van der Waals surface area contributed by atoms with Crippen LogP contribution in [0.3, 0.4) is 0 Å². The largest absolute Gasteiger partial charge is 0.401 e. The summed E-state index contributed by atoms with van der Waals surface area (Å²) in [4.78, 5) is 1.54. The van der Waals surface area contributed by atoms with Gasteiger partial charge in [0.15, 0.2) is 0 Å². The van der Waals surface area contributed by atoms with Crippen molar-refractivity contribution >= 4 is 0 Å². The smallest absolute Gasteiger partial charge is 0.316 e. The molecule has 1 aliphatic carbocycles. The molecule has 2 fully saturated rings. The normalized spacial score (nSPS) is 30.8. The molecule has 1 aliphatic heterocycles. The van der Waals surface area contributed by atoms with E-state index in [4.69, 9.17) is 0 Å². The molecule has 0 bridgehead atoms. The number of alkyl halides is 3. The minimum atomic E-state index is -4.06. The summed E-state index contributed by atoms with van der Waals surface area (Å²) >= 11 is 0. The van der Waals surface area contributed by atoms with Crippen molar-refractivity contribution < 1.29 is 13.2 Å². The lowest BCUT2D eigenvalue weighted by molar-refractivity contribution is -0.143. The Morgan fingerprint density at radius 1 is 0.955 bits per heavy atom. The van der Waals surface area contributed by atoms with Gasteiger partial charge in [-0.25, -0.2) is 0 Å². The molecule has 0 aromatic carbocycles. The zero-order valence-corrected chi connectivity index (χ0v) is 13.8. The summed E-state index contributed by atoms with van der Waals surface area (Å²) in [6.45, 7) is 4.63. The van der Waals surface area contributed by atoms with Gasteiger partial charge in [0.05, 0.1) is 6.54 Å². The molecule has 2 rings (SSSR count). The van der Waals surface area contributed by atoms with Gasteiger partial charge in [0.25, 0.3) is 0 Å². The van der Waals surface area contributed by atoms with Crippen molar-refractivity contribution in [3.8, 4) is 0 Å². The first kappa shape index (κ1) is 18.1.